The quantitative estimate of drug-likeness (QED) is 0.379. The first-order valence-electron chi connectivity index (χ1n) is 5.09. The zero-order valence-electron chi connectivity index (χ0n) is 9.69. The van der Waals surface area contributed by atoms with E-state index in [9.17, 15) is 10.1 Å². The van der Waals surface area contributed by atoms with Gasteiger partial charge in [0.2, 0.25) is 0 Å². The van der Waals surface area contributed by atoms with E-state index in [2.05, 4.69) is 13.8 Å². The predicted octanol–water partition coefficient (Wildman–Crippen LogP) is 3.23. The van der Waals surface area contributed by atoms with Gasteiger partial charge in [0, 0.05) is 5.75 Å². The van der Waals surface area contributed by atoms with Gasteiger partial charge in [0.1, 0.15) is 5.69 Å². The molecule has 0 fully saturated rings. The first kappa shape index (κ1) is 12.8. The van der Waals surface area contributed by atoms with Gasteiger partial charge in [-0.25, -0.2) is 0 Å². The highest BCUT2D eigenvalue weighted by Crippen LogP contribution is 2.36. The van der Waals surface area contributed by atoms with Gasteiger partial charge in [-0.3, -0.25) is 10.1 Å². The summed E-state index contributed by atoms with van der Waals surface area (Å²) in [6.07, 6.45) is 0. The number of aryl methyl sites for hydroxylation is 1. The summed E-state index contributed by atoms with van der Waals surface area (Å²) >= 11 is 1.48. The molecule has 0 atom stereocenters. The molecule has 4 nitrogen and oxygen atoms in total. The maximum Gasteiger partial charge on any atom is 0.305 e. The minimum atomic E-state index is -0.398. The highest BCUT2D eigenvalue weighted by atomic mass is 32.2. The predicted molar refractivity (Wildman–Crippen MR) is 67.8 cm³/mol. The molecule has 88 valence electrons. The number of nitrogens with two attached hydrogens (primary N) is 1. The largest absolute Gasteiger partial charge is 0.393 e. The molecular weight excluding hydrogens is 224 g/mol. The molecule has 0 saturated heterocycles. The fraction of sp³-hybridized carbons (Fsp3) is 0.455. The van der Waals surface area contributed by atoms with E-state index in [0.717, 1.165) is 11.3 Å². The van der Waals surface area contributed by atoms with E-state index in [1.54, 1.807) is 13.0 Å². The number of anilines is 1. The third-order valence-corrected chi connectivity index (χ3v) is 3.63. The summed E-state index contributed by atoms with van der Waals surface area (Å²) in [4.78, 5) is 11.2. The maximum absolute atomic E-state index is 11.0. The number of hydrogen-bond donors (Lipinski definition) is 1. The molecule has 0 aliphatic heterocycles. The van der Waals surface area contributed by atoms with Crippen LogP contribution in [-0.2, 0) is 0 Å². The molecule has 0 aromatic heterocycles. The zero-order chi connectivity index (χ0) is 12.3. The Balaban J connectivity index is 3.08. The van der Waals surface area contributed by atoms with Gasteiger partial charge in [-0.15, -0.1) is 11.8 Å². The van der Waals surface area contributed by atoms with Crippen LogP contribution in [0.25, 0.3) is 0 Å². The molecule has 0 heterocycles. The SMILES string of the molecule is Cc1ccc(SCC(C)C)c([N+](=O)[O-])c1N. The number of thioether (sulfide) groups is 1. The average Bonchev–Trinajstić information content (AvgIpc) is 2.19. The lowest BCUT2D eigenvalue weighted by atomic mass is 10.2. The summed E-state index contributed by atoms with van der Waals surface area (Å²) in [5.74, 6) is 1.34. The second-order valence-electron chi connectivity index (χ2n) is 4.10. The molecule has 0 amide bonds. The molecule has 0 radical (unpaired) electrons. The van der Waals surface area contributed by atoms with Crippen molar-refractivity contribution in [2.24, 2.45) is 5.92 Å². The van der Waals surface area contributed by atoms with Crippen molar-refractivity contribution in [3.63, 3.8) is 0 Å². The number of hydrogen-bond acceptors (Lipinski definition) is 4. The third kappa shape index (κ3) is 2.88. The van der Waals surface area contributed by atoms with Gasteiger partial charge < -0.3 is 5.73 Å². The van der Waals surface area contributed by atoms with Gasteiger partial charge in [-0.1, -0.05) is 19.9 Å². The van der Waals surface area contributed by atoms with Crippen molar-refractivity contribution in [1.82, 2.24) is 0 Å². The van der Waals surface area contributed by atoms with Crippen LogP contribution in [0.5, 0.6) is 0 Å². The van der Waals surface area contributed by atoms with Crippen LogP contribution >= 0.6 is 11.8 Å². The summed E-state index contributed by atoms with van der Waals surface area (Å²) < 4.78 is 0. The molecule has 0 bridgehead atoms. The Hall–Kier alpha value is -1.23. The molecular formula is C11H16N2O2S. The van der Waals surface area contributed by atoms with E-state index >= 15 is 0 Å². The summed E-state index contributed by atoms with van der Waals surface area (Å²) in [6.45, 7) is 5.94. The van der Waals surface area contributed by atoms with Crippen molar-refractivity contribution in [3.05, 3.63) is 27.8 Å². The molecule has 0 aliphatic rings. The van der Waals surface area contributed by atoms with E-state index < -0.39 is 4.92 Å². The first-order chi connectivity index (χ1) is 7.43. The fourth-order valence-corrected chi connectivity index (χ4v) is 2.25. The summed E-state index contributed by atoms with van der Waals surface area (Å²) in [5, 5.41) is 11.0. The Morgan fingerprint density at radius 1 is 1.50 bits per heavy atom. The van der Waals surface area contributed by atoms with E-state index in [0.29, 0.717) is 10.8 Å². The van der Waals surface area contributed by atoms with Crippen LogP contribution in [0.15, 0.2) is 17.0 Å². The Bertz CT molecular complexity index is 405. The van der Waals surface area contributed by atoms with Crippen molar-refractivity contribution in [3.8, 4) is 0 Å². The monoisotopic (exact) mass is 240 g/mol. The van der Waals surface area contributed by atoms with Crippen LogP contribution in [-0.4, -0.2) is 10.7 Å². The second kappa shape index (κ2) is 5.21. The van der Waals surface area contributed by atoms with Crippen LogP contribution in [0.4, 0.5) is 11.4 Å². The minimum Gasteiger partial charge on any atom is -0.393 e. The lowest BCUT2D eigenvalue weighted by Crippen LogP contribution is -2.01. The summed E-state index contributed by atoms with van der Waals surface area (Å²) in [5.41, 5.74) is 6.81. The Labute approximate surface area is 99.4 Å². The Morgan fingerprint density at radius 3 is 2.62 bits per heavy atom. The number of nitrogens with zero attached hydrogens (tertiary/aromatic N) is 1. The Kier molecular flexibility index (Phi) is 4.18. The summed E-state index contributed by atoms with van der Waals surface area (Å²) in [6, 6.07) is 3.60. The van der Waals surface area contributed by atoms with Crippen molar-refractivity contribution in [2.75, 3.05) is 11.5 Å². The van der Waals surface area contributed by atoms with Gasteiger partial charge in [-0.2, -0.15) is 0 Å². The second-order valence-corrected chi connectivity index (χ2v) is 5.17. The normalized spacial score (nSPS) is 10.8. The van der Waals surface area contributed by atoms with Crippen molar-refractivity contribution in [2.45, 2.75) is 25.7 Å². The van der Waals surface area contributed by atoms with Crippen LogP contribution in [0.1, 0.15) is 19.4 Å². The average molecular weight is 240 g/mol. The van der Waals surface area contributed by atoms with E-state index in [1.165, 1.54) is 11.8 Å². The van der Waals surface area contributed by atoms with Crippen LogP contribution in [0, 0.1) is 23.0 Å². The molecule has 0 unspecified atom stereocenters. The van der Waals surface area contributed by atoms with Crippen LogP contribution < -0.4 is 5.73 Å². The highest BCUT2D eigenvalue weighted by Gasteiger charge is 2.20. The number of nitro groups is 1. The standard InChI is InChI=1S/C11H16N2O2S/c1-7(2)6-16-9-5-4-8(3)10(12)11(9)13(14)15/h4-5,7H,6,12H2,1-3H3. The van der Waals surface area contributed by atoms with Gasteiger partial charge in [0.15, 0.2) is 0 Å². The van der Waals surface area contributed by atoms with Gasteiger partial charge >= 0.3 is 5.69 Å². The smallest absolute Gasteiger partial charge is 0.305 e. The zero-order valence-corrected chi connectivity index (χ0v) is 10.5. The molecule has 1 aromatic rings. The van der Waals surface area contributed by atoms with Crippen molar-refractivity contribution in [1.29, 1.82) is 0 Å². The van der Waals surface area contributed by atoms with Crippen LogP contribution in [0.3, 0.4) is 0 Å². The lowest BCUT2D eigenvalue weighted by Gasteiger charge is -2.08. The molecule has 5 heteroatoms. The number of nitro benzene ring substituents is 1. The first-order valence-corrected chi connectivity index (χ1v) is 6.08. The molecule has 1 rings (SSSR count). The number of nitrogen functional groups attached to an aromatic ring is 1. The molecule has 2 N–H and O–H groups in total. The van der Waals surface area contributed by atoms with E-state index in [4.69, 9.17) is 5.73 Å². The fourth-order valence-electron chi connectivity index (χ4n) is 1.25. The van der Waals surface area contributed by atoms with Gasteiger partial charge in [-0.05, 0) is 24.5 Å². The molecule has 0 aliphatic carbocycles. The Morgan fingerprint density at radius 2 is 2.12 bits per heavy atom. The van der Waals surface area contributed by atoms with E-state index in [1.807, 2.05) is 6.07 Å². The number of rotatable bonds is 4. The van der Waals surface area contributed by atoms with Crippen LogP contribution in [0.2, 0.25) is 0 Å². The molecule has 1 aromatic carbocycles. The summed E-state index contributed by atoms with van der Waals surface area (Å²) in [7, 11) is 0. The lowest BCUT2D eigenvalue weighted by molar-refractivity contribution is -0.386. The topological polar surface area (TPSA) is 69.2 Å². The van der Waals surface area contributed by atoms with Crippen molar-refractivity contribution >= 4 is 23.1 Å². The molecule has 0 saturated carbocycles. The minimum absolute atomic E-state index is 0.0469. The van der Waals surface area contributed by atoms with Gasteiger partial charge in [0.25, 0.3) is 0 Å². The van der Waals surface area contributed by atoms with E-state index in [-0.39, 0.29) is 11.4 Å². The maximum atomic E-state index is 11.0. The third-order valence-electron chi connectivity index (χ3n) is 2.15. The highest BCUT2D eigenvalue weighted by molar-refractivity contribution is 7.99. The molecule has 0 spiro atoms. The molecule has 16 heavy (non-hydrogen) atoms. The van der Waals surface area contributed by atoms with Gasteiger partial charge in [0.05, 0.1) is 9.82 Å². The number of benzene rings is 1. The van der Waals surface area contributed by atoms with Crippen molar-refractivity contribution < 1.29 is 4.92 Å².